The summed E-state index contributed by atoms with van der Waals surface area (Å²) in [6.45, 7) is 0. The van der Waals surface area contributed by atoms with E-state index in [0.717, 1.165) is 147 Å². The Kier molecular flexibility index (Phi) is 8.92. The van der Waals surface area contributed by atoms with E-state index in [1.165, 1.54) is 10.8 Å². The van der Waals surface area contributed by atoms with Crippen molar-refractivity contribution >= 4 is 163 Å². The molecule has 21 rings (SSSR count). The molecule has 0 saturated carbocycles. The molecule has 90 heavy (non-hydrogen) atoms. The van der Waals surface area contributed by atoms with Crippen molar-refractivity contribution in [1.82, 2.24) is 47.8 Å². The maximum absolute atomic E-state index is 10.6. The number of para-hydroxylation sites is 3. The fourth-order valence-electron chi connectivity index (χ4n) is 15.4. The molecule has 12 nitrogen and oxygen atoms in total. The lowest BCUT2D eigenvalue weighted by molar-refractivity contribution is 1.00. The minimum atomic E-state index is 0.222. The second-order valence-corrected chi connectivity index (χ2v) is 23.6. The third-order valence-electron chi connectivity index (χ3n) is 19.1. The van der Waals surface area contributed by atoms with E-state index in [9.17, 15) is 10.5 Å². The second-order valence-electron chi connectivity index (χ2n) is 23.6. The van der Waals surface area contributed by atoms with Crippen LogP contribution in [0.3, 0.4) is 0 Å². The zero-order chi connectivity index (χ0) is 58.8. The van der Waals surface area contributed by atoms with Crippen LogP contribution < -0.4 is 0 Å². The normalized spacial score (nSPS) is 12.4. The highest BCUT2D eigenvalue weighted by Gasteiger charge is 2.29. The van der Waals surface area contributed by atoms with Crippen molar-refractivity contribution in [2.45, 2.75) is 0 Å². The lowest BCUT2D eigenvalue weighted by Crippen LogP contribution is -2.04. The van der Waals surface area contributed by atoms with Crippen molar-refractivity contribution < 1.29 is 0 Å². The van der Waals surface area contributed by atoms with Gasteiger partial charge in [-0.3, -0.25) is 19.1 Å². The standard InChI is InChI=1S/C78H38N12/c79-39-41-21-23-42(24-22-41)70-72-60(17-10-30-82-72)84-78(86-70)90-67-36-48-31-45(25-26-46(48)33-54(67)58-37-55-49-13-3-6-18-62(49)87-64-20-8-5-15-51(64)68(73(55)87)75(58)90)47-27-28-52-65(35-47)88-63-19-7-4-14-50(63)56-38-57-53-32-43-11-1-2-12-44(43)34-66(53)89(76(57)69(52)74(56)88)77-83-59-16-9-29-81-71(59)61(40-80)85-77/h1-38H. The van der Waals surface area contributed by atoms with Crippen LogP contribution in [0, 0.1) is 22.7 Å². The van der Waals surface area contributed by atoms with E-state index < -0.39 is 0 Å². The molecule has 0 N–H and O–H groups in total. The number of pyridine rings is 2. The summed E-state index contributed by atoms with van der Waals surface area (Å²) in [6, 6.07) is 82.1. The van der Waals surface area contributed by atoms with Gasteiger partial charge in [0, 0.05) is 82.6 Å². The molecule has 0 radical (unpaired) electrons. The van der Waals surface area contributed by atoms with Gasteiger partial charge in [-0.25, -0.2) is 15.0 Å². The van der Waals surface area contributed by atoms with Gasteiger partial charge in [0.1, 0.15) is 22.8 Å². The first-order valence-corrected chi connectivity index (χ1v) is 29.9. The molecule has 0 unspecified atom stereocenters. The van der Waals surface area contributed by atoms with Crippen LogP contribution in [0.5, 0.6) is 0 Å². The third-order valence-corrected chi connectivity index (χ3v) is 19.1. The summed E-state index contributed by atoms with van der Waals surface area (Å²) in [5.41, 5.74) is 17.6. The van der Waals surface area contributed by atoms with Gasteiger partial charge < -0.3 is 8.80 Å². The van der Waals surface area contributed by atoms with Crippen molar-refractivity contribution in [2.24, 2.45) is 0 Å². The monoisotopic (exact) mass is 1140 g/mol. The van der Waals surface area contributed by atoms with E-state index in [2.05, 4.69) is 205 Å². The quantitative estimate of drug-likeness (QED) is 0.169. The number of benzene rings is 11. The molecule has 11 aromatic carbocycles. The molecule has 0 aliphatic heterocycles. The van der Waals surface area contributed by atoms with Gasteiger partial charge in [0.2, 0.25) is 11.9 Å². The van der Waals surface area contributed by atoms with Gasteiger partial charge in [-0.15, -0.1) is 0 Å². The highest BCUT2D eigenvalue weighted by atomic mass is 15.2. The van der Waals surface area contributed by atoms with Crippen LogP contribution in [-0.4, -0.2) is 47.8 Å². The minimum Gasteiger partial charge on any atom is -0.308 e. The van der Waals surface area contributed by atoms with Crippen LogP contribution in [0.25, 0.3) is 198 Å². The molecule has 0 saturated heterocycles. The summed E-state index contributed by atoms with van der Waals surface area (Å²) >= 11 is 0. The Hall–Kier alpha value is -12.9. The molecule has 0 aliphatic carbocycles. The first-order valence-electron chi connectivity index (χ1n) is 29.9. The number of nitrogens with zero attached hydrogens (tertiary/aromatic N) is 12. The Bertz CT molecular complexity index is 6930. The summed E-state index contributed by atoms with van der Waals surface area (Å²) in [4.78, 5) is 30.6. The summed E-state index contributed by atoms with van der Waals surface area (Å²) in [5, 5.41) is 38.3. The van der Waals surface area contributed by atoms with Crippen LogP contribution in [0.2, 0.25) is 0 Å². The average molecular weight is 1140 g/mol. The van der Waals surface area contributed by atoms with Crippen molar-refractivity contribution in [1.29, 1.82) is 10.5 Å². The minimum absolute atomic E-state index is 0.222. The van der Waals surface area contributed by atoms with Gasteiger partial charge in [-0.2, -0.15) is 15.5 Å². The predicted octanol–water partition coefficient (Wildman–Crippen LogP) is 18.2. The zero-order valence-corrected chi connectivity index (χ0v) is 47.3. The number of hydrogen-bond donors (Lipinski definition) is 0. The summed E-state index contributed by atoms with van der Waals surface area (Å²) in [5.74, 6) is 0.934. The number of nitriles is 2. The molecule has 0 bridgehead atoms. The summed E-state index contributed by atoms with van der Waals surface area (Å²) < 4.78 is 9.33. The highest BCUT2D eigenvalue weighted by molar-refractivity contribution is 6.36. The van der Waals surface area contributed by atoms with E-state index in [1.807, 2.05) is 48.5 Å². The Morgan fingerprint density at radius 1 is 0.311 bits per heavy atom. The number of fused-ring (bicyclic) bond motifs is 24. The van der Waals surface area contributed by atoms with Gasteiger partial charge >= 0.3 is 0 Å². The van der Waals surface area contributed by atoms with E-state index in [-0.39, 0.29) is 5.69 Å². The molecular weight excluding hydrogens is 1100 g/mol. The van der Waals surface area contributed by atoms with Crippen LogP contribution >= 0.6 is 0 Å². The van der Waals surface area contributed by atoms with E-state index in [4.69, 9.17) is 24.9 Å². The third kappa shape index (κ3) is 6.05. The van der Waals surface area contributed by atoms with Crippen molar-refractivity contribution in [3.05, 3.63) is 242 Å². The lowest BCUT2D eigenvalue weighted by atomic mass is 9.97. The second kappa shape index (κ2) is 17.0. The van der Waals surface area contributed by atoms with Crippen LogP contribution in [0.1, 0.15) is 11.3 Å². The van der Waals surface area contributed by atoms with Gasteiger partial charge in [0.05, 0.1) is 77.8 Å². The Morgan fingerprint density at radius 2 is 0.811 bits per heavy atom. The molecule has 12 heteroatoms. The first kappa shape index (κ1) is 47.4. The van der Waals surface area contributed by atoms with Crippen molar-refractivity contribution in [3.8, 4) is 46.4 Å². The molecule has 0 fully saturated rings. The molecule has 10 heterocycles. The van der Waals surface area contributed by atoms with Crippen LogP contribution in [-0.2, 0) is 0 Å². The number of aromatic nitrogens is 10. The fourth-order valence-corrected chi connectivity index (χ4v) is 15.4. The number of hydrogen-bond acceptors (Lipinski definition) is 8. The summed E-state index contributed by atoms with van der Waals surface area (Å²) in [6.07, 6.45) is 3.46. The van der Waals surface area contributed by atoms with Crippen LogP contribution in [0.4, 0.5) is 0 Å². The first-order chi connectivity index (χ1) is 44.5. The van der Waals surface area contributed by atoms with Gasteiger partial charge in [0.25, 0.3) is 0 Å². The van der Waals surface area contributed by atoms with Crippen molar-refractivity contribution in [2.75, 3.05) is 0 Å². The molecule has 0 amide bonds. The maximum Gasteiger partial charge on any atom is 0.236 e. The van der Waals surface area contributed by atoms with Crippen molar-refractivity contribution in [3.63, 3.8) is 0 Å². The fraction of sp³-hybridized carbons (Fsp3) is 0. The molecule has 0 aliphatic rings. The Balaban J connectivity index is 0.841. The van der Waals surface area contributed by atoms with Gasteiger partial charge in [-0.05, 0) is 136 Å². The zero-order valence-electron chi connectivity index (χ0n) is 47.3. The summed E-state index contributed by atoms with van der Waals surface area (Å²) in [7, 11) is 0. The van der Waals surface area contributed by atoms with E-state index >= 15 is 0 Å². The molecule has 410 valence electrons. The Labute approximate surface area is 507 Å². The SMILES string of the molecule is N#Cc1ccc(-c2nc(-n3c4cc5cc(-c6ccc7c8c9c(cc%10c%11ccccc%11n(c7c6)c%108)c6cc7ccccc7cc6n9-c6nc(C#N)c7ncccc7n6)ccc5cc4c4cc5c6ccccc6n6c7ccccc7c(c43)c56)nc3cccnc23)cc1. The van der Waals surface area contributed by atoms with Gasteiger partial charge in [0.15, 0.2) is 5.69 Å². The number of rotatable bonds is 4. The molecule has 0 atom stereocenters. The topological polar surface area (TPSA) is 144 Å². The molecule has 21 aromatic rings. The molecule has 10 aromatic heterocycles. The molecule has 0 spiro atoms. The smallest absolute Gasteiger partial charge is 0.236 e. The van der Waals surface area contributed by atoms with E-state index in [1.54, 1.807) is 12.4 Å². The molecular formula is C78H38N12. The largest absolute Gasteiger partial charge is 0.308 e. The van der Waals surface area contributed by atoms with Gasteiger partial charge in [-0.1, -0.05) is 115 Å². The maximum atomic E-state index is 10.6. The predicted molar refractivity (Wildman–Crippen MR) is 362 cm³/mol. The van der Waals surface area contributed by atoms with Crippen LogP contribution in [0.15, 0.2) is 231 Å². The Morgan fingerprint density at radius 3 is 1.47 bits per heavy atom. The highest BCUT2D eigenvalue weighted by Crippen LogP contribution is 2.50. The van der Waals surface area contributed by atoms with E-state index in [0.29, 0.717) is 45.2 Å². The lowest BCUT2D eigenvalue weighted by Gasteiger charge is -2.12. The average Bonchev–Trinajstić information content (AvgIpc) is 1.56.